The lowest BCUT2D eigenvalue weighted by molar-refractivity contribution is 0.0585. The largest absolute Gasteiger partial charge is 0.463 e. The zero-order valence-corrected chi connectivity index (χ0v) is 11.5. The van der Waals surface area contributed by atoms with Gasteiger partial charge in [0.1, 0.15) is 0 Å². The van der Waals surface area contributed by atoms with Crippen LogP contribution in [0.4, 0.5) is 0 Å². The number of methoxy groups -OCH3 is 1. The average Bonchev–Trinajstić information content (AvgIpc) is 2.38. The zero-order chi connectivity index (χ0) is 13.8. The lowest BCUT2D eigenvalue weighted by Crippen LogP contribution is -2.21. The van der Waals surface area contributed by atoms with Gasteiger partial charge in [-0.05, 0) is 19.4 Å². The first kappa shape index (κ1) is 14.8. The Balaban J connectivity index is 3.14. The number of halogens is 1. The molecule has 0 fully saturated rings. The quantitative estimate of drug-likeness (QED) is 0.458. The molecule has 0 N–H and O–H groups in total. The summed E-state index contributed by atoms with van der Waals surface area (Å²) in [6.45, 7) is 1.54. The van der Waals surface area contributed by atoms with Crippen LogP contribution in [0.15, 0.2) is 17.3 Å². The molecule has 0 bridgehead atoms. The Morgan fingerprint density at radius 1 is 1.56 bits per heavy atom. The molecule has 0 amide bonds. The van der Waals surface area contributed by atoms with Gasteiger partial charge in [0, 0.05) is 12.1 Å². The minimum atomic E-state index is -3.61. The lowest BCUT2D eigenvalue weighted by atomic mass is 10.4. The van der Waals surface area contributed by atoms with E-state index in [0.29, 0.717) is 6.42 Å². The molecule has 0 aromatic carbocycles. The Labute approximate surface area is 110 Å². The van der Waals surface area contributed by atoms with Crippen LogP contribution in [0, 0.1) is 0 Å². The highest BCUT2D eigenvalue weighted by molar-refractivity contribution is 7.92. The van der Waals surface area contributed by atoms with E-state index in [0.717, 1.165) is 0 Å². The number of aromatic nitrogens is 2. The number of rotatable bonds is 5. The molecule has 1 heterocycles. The van der Waals surface area contributed by atoms with Crippen molar-refractivity contribution in [3.8, 4) is 0 Å². The fourth-order valence-corrected chi connectivity index (χ4v) is 2.97. The Hall–Kier alpha value is -1.21. The minimum absolute atomic E-state index is 0.199. The summed E-state index contributed by atoms with van der Waals surface area (Å²) in [5, 5.41) is -0.870. The Bertz CT molecular complexity index is 532. The lowest BCUT2D eigenvalue weighted by Gasteiger charge is -2.10. The van der Waals surface area contributed by atoms with Crippen molar-refractivity contribution in [2.75, 3.05) is 13.0 Å². The van der Waals surface area contributed by atoms with E-state index in [-0.39, 0.29) is 16.7 Å². The maximum absolute atomic E-state index is 12.1. The van der Waals surface area contributed by atoms with E-state index in [9.17, 15) is 13.2 Å². The van der Waals surface area contributed by atoms with Crippen molar-refractivity contribution in [3.63, 3.8) is 0 Å². The summed E-state index contributed by atoms with van der Waals surface area (Å²) in [7, 11) is -2.44. The van der Waals surface area contributed by atoms with Gasteiger partial charge in [-0.15, -0.1) is 11.6 Å². The highest BCUT2D eigenvalue weighted by atomic mass is 35.5. The van der Waals surface area contributed by atoms with Gasteiger partial charge in [0.2, 0.25) is 5.82 Å². The highest BCUT2D eigenvalue weighted by Crippen LogP contribution is 2.16. The number of esters is 1. The number of ether oxygens (including phenoxy) is 1. The normalized spacial score (nSPS) is 13.1. The van der Waals surface area contributed by atoms with Gasteiger partial charge in [-0.25, -0.2) is 23.2 Å². The van der Waals surface area contributed by atoms with Crippen molar-refractivity contribution < 1.29 is 17.9 Å². The second kappa shape index (κ2) is 6.10. The van der Waals surface area contributed by atoms with Gasteiger partial charge >= 0.3 is 5.97 Å². The summed E-state index contributed by atoms with van der Waals surface area (Å²) in [5.74, 6) is -0.830. The van der Waals surface area contributed by atoms with Crippen LogP contribution in [0.1, 0.15) is 24.0 Å². The van der Waals surface area contributed by atoms with Crippen LogP contribution < -0.4 is 0 Å². The Morgan fingerprint density at radius 3 is 2.78 bits per heavy atom. The number of carbonyl (C=O) groups is 1. The molecule has 6 nitrogen and oxygen atoms in total. The van der Waals surface area contributed by atoms with Crippen LogP contribution in [-0.2, 0) is 14.6 Å². The van der Waals surface area contributed by atoms with Crippen LogP contribution in [0.25, 0.3) is 0 Å². The Kier molecular flexibility index (Phi) is 5.03. The first-order valence-corrected chi connectivity index (χ1v) is 7.22. The smallest absolute Gasteiger partial charge is 0.376 e. The molecule has 0 saturated carbocycles. The van der Waals surface area contributed by atoms with Gasteiger partial charge in [-0.1, -0.05) is 0 Å². The second-order valence-electron chi connectivity index (χ2n) is 3.54. The van der Waals surface area contributed by atoms with Gasteiger partial charge in [-0.2, -0.15) is 0 Å². The number of carbonyl (C=O) groups excluding carboxylic acids is 1. The van der Waals surface area contributed by atoms with Crippen LogP contribution in [0.3, 0.4) is 0 Å². The molecule has 0 radical (unpaired) electrons. The summed E-state index contributed by atoms with van der Waals surface area (Å²) < 4.78 is 28.6. The molecule has 0 aliphatic rings. The van der Waals surface area contributed by atoms with Gasteiger partial charge in [0.05, 0.1) is 12.4 Å². The fourth-order valence-electron chi connectivity index (χ4n) is 1.21. The molecule has 1 atom stereocenters. The van der Waals surface area contributed by atoms with E-state index < -0.39 is 21.1 Å². The average molecular weight is 293 g/mol. The highest BCUT2D eigenvalue weighted by Gasteiger charge is 2.25. The van der Waals surface area contributed by atoms with Crippen molar-refractivity contribution in [1.82, 2.24) is 9.97 Å². The van der Waals surface area contributed by atoms with Crippen LogP contribution in [0.5, 0.6) is 0 Å². The third-order valence-electron chi connectivity index (χ3n) is 2.33. The van der Waals surface area contributed by atoms with Crippen LogP contribution in [0.2, 0.25) is 0 Å². The molecule has 1 rings (SSSR count). The van der Waals surface area contributed by atoms with Crippen molar-refractivity contribution in [2.45, 2.75) is 23.6 Å². The standard InChI is InChI=1S/C10H13ClN2O4S/c1-7(3-5-11)18(15,16)8-4-6-12-9(13-8)10(14)17-2/h4,6-7H,3,5H2,1-2H3. The number of alkyl halides is 1. The molecular weight excluding hydrogens is 280 g/mol. The van der Waals surface area contributed by atoms with E-state index >= 15 is 0 Å². The SMILES string of the molecule is COC(=O)c1nccc(S(=O)(=O)C(C)CCCl)n1. The van der Waals surface area contributed by atoms with Crippen molar-refractivity contribution in [3.05, 3.63) is 18.1 Å². The molecule has 0 aliphatic carbocycles. The van der Waals surface area contributed by atoms with E-state index in [1.165, 1.54) is 26.3 Å². The first-order chi connectivity index (χ1) is 8.43. The monoisotopic (exact) mass is 292 g/mol. The molecule has 8 heteroatoms. The molecule has 0 saturated heterocycles. The van der Waals surface area contributed by atoms with Crippen LogP contribution in [-0.4, -0.2) is 42.6 Å². The van der Waals surface area contributed by atoms with Gasteiger partial charge in [0.25, 0.3) is 0 Å². The fraction of sp³-hybridized carbons (Fsp3) is 0.500. The number of hydrogen-bond donors (Lipinski definition) is 0. The van der Waals surface area contributed by atoms with Crippen LogP contribution >= 0.6 is 11.6 Å². The molecular formula is C10H13ClN2O4S. The molecule has 1 unspecified atom stereocenters. The van der Waals surface area contributed by atoms with E-state index in [1.54, 1.807) is 0 Å². The molecule has 1 aromatic heterocycles. The van der Waals surface area contributed by atoms with Crippen molar-refractivity contribution in [2.24, 2.45) is 0 Å². The molecule has 0 spiro atoms. The summed E-state index contributed by atoms with van der Waals surface area (Å²) in [6, 6.07) is 1.24. The topological polar surface area (TPSA) is 86.2 Å². The van der Waals surface area contributed by atoms with Crippen molar-refractivity contribution >= 4 is 27.4 Å². The number of hydrogen-bond acceptors (Lipinski definition) is 6. The maximum atomic E-state index is 12.1. The molecule has 1 aromatic rings. The van der Waals surface area contributed by atoms with Gasteiger partial charge in [-0.3, -0.25) is 0 Å². The predicted octanol–water partition coefficient (Wildman–Crippen LogP) is 1.05. The van der Waals surface area contributed by atoms with E-state index in [1.807, 2.05) is 0 Å². The van der Waals surface area contributed by atoms with Gasteiger partial charge in [0.15, 0.2) is 14.9 Å². The summed E-state index contributed by atoms with van der Waals surface area (Å²) in [4.78, 5) is 18.6. The third kappa shape index (κ3) is 3.17. The van der Waals surface area contributed by atoms with E-state index in [4.69, 9.17) is 11.6 Å². The summed E-state index contributed by atoms with van der Waals surface area (Å²) in [5.41, 5.74) is 0. The third-order valence-corrected chi connectivity index (χ3v) is 4.66. The molecule has 18 heavy (non-hydrogen) atoms. The van der Waals surface area contributed by atoms with Gasteiger partial charge < -0.3 is 4.74 Å². The summed E-state index contributed by atoms with van der Waals surface area (Å²) in [6.07, 6.45) is 1.51. The number of nitrogens with zero attached hydrogens (tertiary/aromatic N) is 2. The predicted molar refractivity (Wildman–Crippen MR) is 65.4 cm³/mol. The van der Waals surface area contributed by atoms with Crippen molar-refractivity contribution in [1.29, 1.82) is 0 Å². The molecule has 0 aliphatic heterocycles. The zero-order valence-electron chi connectivity index (χ0n) is 9.96. The number of sulfone groups is 1. The Morgan fingerprint density at radius 2 is 2.22 bits per heavy atom. The minimum Gasteiger partial charge on any atom is -0.463 e. The molecule has 100 valence electrons. The summed E-state index contributed by atoms with van der Waals surface area (Å²) >= 11 is 5.52. The second-order valence-corrected chi connectivity index (χ2v) is 6.23. The maximum Gasteiger partial charge on any atom is 0.376 e. The van der Waals surface area contributed by atoms with E-state index in [2.05, 4.69) is 14.7 Å². The first-order valence-electron chi connectivity index (χ1n) is 5.14.